The van der Waals surface area contributed by atoms with Crippen molar-refractivity contribution in [1.29, 1.82) is 0 Å². The summed E-state index contributed by atoms with van der Waals surface area (Å²) in [5.74, 6) is -0.769. The lowest BCUT2D eigenvalue weighted by atomic mass is 9.97. The number of nitrogens with zero attached hydrogens (tertiary/aromatic N) is 2. The molecule has 3 heterocycles. The molecule has 0 unspecified atom stereocenters. The van der Waals surface area contributed by atoms with Gasteiger partial charge >= 0.3 is 0 Å². The molecule has 4 aromatic rings. The predicted molar refractivity (Wildman–Crippen MR) is 121 cm³/mol. The van der Waals surface area contributed by atoms with E-state index in [9.17, 15) is 14.7 Å². The molecular formula is C25H23N3O3. The Morgan fingerprint density at radius 3 is 2.52 bits per heavy atom. The number of amides is 2. The Hall–Kier alpha value is -3.64. The van der Waals surface area contributed by atoms with Crippen LogP contribution in [-0.4, -0.2) is 32.7 Å². The number of aliphatic hydroxyl groups excluding tert-OH is 1. The standard InChI is InChI=1S/C25H23N3O3/c1-2-27-13-11-16-8-5-9-18(23(16)27)21-22(25(31)26-24(21)30)20-15-17-7-3-4-10-19(17)28(20)12-6-14-29/h3-5,7-11,13,15,29H,2,6,12,14H2,1H3,(H,26,30,31). The first kappa shape index (κ1) is 19.3. The third-order valence-electron chi connectivity index (χ3n) is 5.94. The van der Waals surface area contributed by atoms with E-state index in [4.69, 9.17) is 0 Å². The van der Waals surface area contributed by atoms with E-state index in [0.717, 1.165) is 33.9 Å². The highest BCUT2D eigenvalue weighted by Crippen LogP contribution is 2.37. The van der Waals surface area contributed by atoms with Crippen LogP contribution in [-0.2, 0) is 22.7 Å². The minimum atomic E-state index is -0.389. The fraction of sp³-hybridized carbons (Fsp3) is 0.200. The lowest BCUT2D eigenvalue weighted by molar-refractivity contribution is -0.122. The number of benzene rings is 2. The molecule has 6 nitrogen and oxygen atoms in total. The number of rotatable bonds is 6. The zero-order valence-electron chi connectivity index (χ0n) is 17.3. The minimum Gasteiger partial charge on any atom is -0.396 e. The Labute approximate surface area is 179 Å². The van der Waals surface area contributed by atoms with Crippen LogP contribution in [0.4, 0.5) is 0 Å². The third kappa shape index (κ3) is 2.99. The van der Waals surface area contributed by atoms with Crippen LogP contribution in [0.15, 0.2) is 60.8 Å². The van der Waals surface area contributed by atoms with Crippen molar-refractivity contribution in [3.05, 3.63) is 72.1 Å². The maximum absolute atomic E-state index is 13.0. The van der Waals surface area contributed by atoms with Gasteiger partial charge in [0.05, 0.1) is 22.4 Å². The van der Waals surface area contributed by atoms with Crippen molar-refractivity contribution < 1.29 is 14.7 Å². The van der Waals surface area contributed by atoms with E-state index in [0.29, 0.717) is 29.8 Å². The molecule has 2 aromatic heterocycles. The molecule has 0 spiro atoms. The fourth-order valence-electron chi connectivity index (χ4n) is 4.57. The van der Waals surface area contributed by atoms with Crippen LogP contribution in [0.1, 0.15) is 24.6 Å². The number of carbonyl (C=O) groups excluding carboxylic acids is 2. The van der Waals surface area contributed by atoms with Crippen molar-refractivity contribution in [1.82, 2.24) is 14.5 Å². The van der Waals surface area contributed by atoms with Gasteiger partial charge in [-0.3, -0.25) is 14.9 Å². The first-order valence-electron chi connectivity index (χ1n) is 10.5. The number of hydrogen-bond donors (Lipinski definition) is 2. The molecule has 0 radical (unpaired) electrons. The summed E-state index contributed by atoms with van der Waals surface area (Å²) in [5, 5.41) is 13.9. The number of hydrogen-bond acceptors (Lipinski definition) is 3. The van der Waals surface area contributed by atoms with E-state index < -0.39 is 0 Å². The number of carbonyl (C=O) groups is 2. The molecule has 2 N–H and O–H groups in total. The lowest BCUT2D eigenvalue weighted by Crippen LogP contribution is -2.23. The summed E-state index contributed by atoms with van der Waals surface area (Å²) in [6, 6.07) is 17.7. The molecule has 0 saturated carbocycles. The van der Waals surface area contributed by atoms with Crippen molar-refractivity contribution in [3.8, 4) is 0 Å². The first-order chi connectivity index (χ1) is 15.1. The van der Waals surface area contributed by atoms with E-state index in [1.54, 1.807) is 0 Å². The number of aliphatic hydroxyl groups is 1. The predicted octanol–water partition coefficient (Wildman–Crippen LogP) is 3.57. The molecule has 0 aliphatic carbocycles. The summed E-state index contributed by atoms with van der Waals surface area (Å²) in [6.07, 6.45) is 2.55. The monoisotopic (exact) mass is 413 g/mol. The molecule has 5 rings (SSSR count). The van der Waals surface area contributed by atoms with Gasteiger partial charge in [0.25, 0.3) is 11.8 Å². The van der Waals surface area contributed by atoms with E-state index >= 15 is 0 Å². The van der Waals surface area contributed by atoms with Gasteiger partial charge in [0.2, 0.25) is 0 Å². The van der Waals surface area contributed by atoms with Crippen molar-refractivity contribution >= 4 is 44.8 Å². The van der Waals surface area contributed by atoms with Gasteiger partial charge in [-0.15, -0.1) is 0 Å². The van der Waals surface area contributed by atoms with Crippen molar-refractivity contribution in [2.45, 2.75) is 26.4 Å². The largest absolute Gasteiger partial charge is 0.396 e. The second-order valence-corrected chi connectivity index (χ2v) is 7.70. The van der Waals surface area contributed by atoms with Gasteiger partial charge in [-0.1, -0.05) is 36.4 Å². The van der Waals surface area contributed by atoms with Crippen LogP contribution >= 0.6 is 0 Å². The fourth-order valence-corrected chi connectivity index (χ4v) is 4.57. The number of imide groups is 1. The number of aromatic nitrogens is 2. The summed E-state index contributed by atoms with van der Waals surface area (Å²) < 4.78 is 4.12. The highest BCUT2D eigenvalue weighted by atomic mass is 16.3. The van der Waals surface area contributed by atoms with E-state index in [1.807, 2.05) is 65.4 Å². The normalized spacial score (nSPS) is 14.3. The smallest absolute Gasteiger partial charge is 0.261 e. The average Bonchev–Trinajstić information content (AvgIpc) is 3.44. The maximum atomic E-state index is 13.0. The Morgan fingerprint density at radius 1 is 0.935 bits per heavy atom. The summed E-state index contributed by atoms with van der Waals surface area (Å²) in [7, 11) is 0. The number of aryl methyl sites for hydroxylation is 2. The molecule has 1 aliphatic heterocycles. The lowest BCUT2D eigenvalue weighted by Gasteiger charge is -2.13. The van der Waals surface area contributed by atoms with Crippen LogP contribution in [0.2, 0.25) is 0 Å². The van der Waals surface area contributed by atoms with Crippen molar-refractivity contribution in [3.63, 3.8) is 0 Å². The molecule has 2 aromatic carbocycles. The molecular weight excluding hydrogens is 390 g/mol. The minimum absolute atomic E-state index is 0.0479. The van der Waals surface area contributed by atoms with Crippen LogP contribution in [0.3, 0.4) is 0 Å². The summed E-state index contributed by atoms with van der Waals surface area (Å²) in [4.78, 5) is 26.1. The molecule has 31 heavy (non-hydrogen) atoms. The van der Waals surface area contributed by atoms with Gasteiger partial charge in [0.1, 0.15) is 0 Å². The van der Waals surface area contributed by atoms with Gasteiger partial charge in [-0.2, -0.15) is 0 Å². The van der Waals surface area contributed by atoms with Gasteiger partial charge < -0.3 is 14.2 Å². The summed E-state index contributed by atoms with van der Waals surface area (Å²) in [5.41, 5.74) is 4.15. The molecule has 2 amide bonds. The van der Waals surface area contributed by atoms with Crippen molar-refractivity contribution in [2.24, 2.45) is 0 Å². The molecule has 0 bridgehead atoms. The zero-order chi connectivity index (χ0) is 21.5. The van der Waals surface area contributed by atoms with Crippen LogP contribution in [0.5, 0.6) is 0 Å². The first-order valence-corrected chi connectivity index (χ1v) is 10.5. The van der Waals surface area contributed by atoms with Gasteiger partial charge in [-0.25, -0.2) is 0 Å². The van der Waals surface area contributed by atoms with E-state index in [2.05, 4.69) is 16.8 Å². The van der Waals surface area contributed by atoms with Crippen LogP contribution < -0.4 is 5.32 Å². The van der Waals surface area contributed by atoms with E-state index in [-0.39, 0.29) is 18.4 Å². The molecule has 0 atom stereocenters. The van der Waals surface area contributed by atoms with E-state index in [1.165, 1.54) is 0 Å². The van der Waals surface area contributed by atoms with Gasteiger partial charge in [0.15, 0.2) is 0 Å². The molecule has 156 valence electrons. The van der Waals surface area contributed by atoms with Gasteiger partial charge in [-0.05, 0) is 31.5 Å². The second-order valence-electron chi connectivity index (χ2n) is 7.70. The Bertz CT molecular complexity index is 1370. The van der Waals surface area contributed by atoms with Crippen molar-refractivity contribution in [2.75, 3.05) is 6.61 Å². The van der Waals surface area contributed by atoms with Crippen LogP contribution in [0, 0.1) is 0 Å². The molecule has 1 aliphatic rings. The highest BCUT2D eigenvalue weighted by molar-refractivity contribution is 6.50. The number of fused-ring (bicyclic) bond motifs is 2. The summed E-state index contributed by atoms with van der Waals surface area (Å²) >= 11 is 0. The quantitative estimate of drug-likeness (QED) is 0.475. The average molecular weight is 413 g/mol. The summed E-state index contributed by atoms with van der Waals surface area (Å²) in [6.45, 7) is 3.41. The highest BCUT2D eigenvalue weighted by Gasteiger charge is 2.35. The topological polar surface area (TPSA) is 76.3 Å². The molecule has 6 heteroatoms. The SMILES string of the molecule is CCn1ccc2cccc(C3=C(c4cc5ccccc5n4CCCO)C(=O)NC3=O)c21. The second kappa shape index (κ2) is 7.56. The Balaban J connectivity index is 1.83. The third-order valence-corrected chi connectivity index (χ3v) is 5.94. The maximum Gasteiger partial charge on any atom is 0.261 e. The molecule has 0 saturated heterocycles. The molecule has 0 fully saturated rings. The number of nitrogens with one attached hydrogen (secondary N) is 1. The zero-order valence-corrected chi connectivity index (χ0v) is 17.3. The Morgan fingerprint density at radius 2 is 1.71 bits per heavy atom. The Kier molecular flexibility index (Phi) is 4.71. The van der Waals surface area contributed by atoms with Crippen LogP contribution in [0.25, 0.3) is 33.0 Å². The van der Waals surface area contributed by atoms with Gasteiger partial charge in [0, 0.05) is 47.7 Å². The number of para-hydroxylation sites is 2.